The third-order valence-electron chi connectivity index (χ3n) is 6.23. The molecule has 1 fully saturated rings. The van der Waals surface area contributed by atoms with Crippen molar-refractivity contribution in [1.82, 2.24) is 19.8 Å². The van der Waals surface area contributed by atoms with Crippen molar-refractivity contribution in [3.05, 3.63) is 71.8 Å². The number of imide groups is 1. The van der Waals surface area contributed by atoms with E-state index in [0.29, 0.717) is 29.2 Å². The fourth-order valence-corrected chi connectivity index (χ4v) is 4.38. The van der Waals surface area contributed by atoms with E-state index in [1.807, 2.05) is 29.0 Å². The van der Waals surface area contributed by atoms with Gasteiger partial charge in [-0.15, -0.1) is 0 Å². The van der Waals surface area contributed by atoms with Crippen molar-refractivity contribution in [3.63, 3.8) is 0 Å². The van der Waals surface area contributed by atoms with Gasteiger partial charge in [-0.05, 0) is 29.8 Å². The zero-order valence-corrected chi connectivity index (χ0v) is 19.2. The molecule has 2 aromatic carbocycles. The number of carbonyl (C=O) groups excluding carboxylic acids is 3. The minimum Gasteiger partial charge on any atom is -0.497 e. The molecule has 2 aliphatic rings. The summed E-state index contributed by atoms with van der Waals surface area (Å²) in [7, 11) is 3.07. The molecule has 1 N–H and O–H groups in total. The van der Waals surface area contributed by atoms with Crippen molar-refractivity contribution in [2.75, 3.05) is 20.8 Å². The Kier molecular flexibility index (Phi) is 5.49. The van der Waals surface area contributed by atoms with Crippen LogP contribution in [-0.2, 0) is 16.1 Å². The summed E-state index contributed by atoms with van der Waals surface area (Å²) in [6, 6.07) is 10.8. The highest BCUT2D eigenvalue weighted by Crippen LogP contribution is 2.34. The molecule has 1 atom stereocenters. The van der Waals surface area contributed by atoms with Gasteiger partial charge in [0.15, 0.2) is 0 Å². The predicted molar refractivity (Wildman–Crippen MR) is 125 cm³/mol. The van der Waals surface area contributed by atoms with Crippen molar-refractivity contribution in [1.29, 1.82) is 0 Å². The fourth-order valence-electron chi connectivity index (χ4n) is 4.38. The molecule has 0 radical (unpaired) electrons. The number of carbonyl (C=O) groups is 3. The zero-order chi connectivity index (χ0) is 24.6. The third-order valence-corrected chi connectivity index (χ3v) is 6.23. The highest BCUT2D eigenvalue weighted by atomic mass is 16.5. The van der Waals surface area contributed by atoms with Crippen molar-refractivity contribution < 1.29 is 23.9 Å². The lowest BCUT2D eigenvalue weighted by atomic mass is 9.85. The van der Waals surface area contributed by atoms with E-state index in [9.17, 15) is 14.4 Å². The Hall–Kier alpha value is -4.58. The van der Waals surface area contributed by atoms with Crippen LogP contribution in [0.2, 0.25) is 0 Å². The number of fused-ring (bicyclic) bond motifs is 1. The Morgan fingerprint density at radius 1 is 1.11 bits per heavy atom. The van der Waals surface area contributed by atoms with Crippen LogP contribution in [0.5, 0.6) is 11.5 Å². The van der Waals surface area contributed by atoms with Crippen LogP contribution in [0, 0.1) is 17.3 Å². The molecule has 176 valence electrons. The molecule has 0 saturated carbocycles. The Balaban J connectivity index is 1.47. The van der Waals surface area contributed by atoms with Crippen LogP contribution in [0.3, 0.4) is 0 Å². The van der Waals surface area contributed by atoms with E-state index in [0.717, 1.165) is 11.3 Å². The molecular formula is C26H22N4O5. The quantitative estimate of drug-likeness (QED) is 0.452. The van der Waals surface area contributed by atoms with Gasteiger partial charge in [0, 0.05) is 37.1 Å². The Bertz CT molecular complexity index is 1400. The summed E-state index contributed by atoms with van der Waals surface area (Å²) >= 11 is 0. The van der Waals surface area contributed by atoms with E-state index < -0.39 is 17.2 Å². The van der Waals surface area contributed by atoms with Crippen molar-refractivity contribution >= 4 is 17.7 Å². The van der Waals surface area contributed by atoms with Crippen molar-refractivity contribution in [2.24, 2.45) is 5.41 Å². The molecule has 3 amide bonds. The van der Waals surface area contributed by atoms with Gasteiger partial charge in [-0.25, -0.2) is 4.98 Å². The van der Waals surface area contributed by atoms with Gasteiger partial charge in [0.1, 0.15) is 16.9 Å². The lowest BCUT2D eigenvalue weighted by Gasteiger charge is -2.25. The van der Waals surface area contributed by atoms with Gasteiger partial charge in [-0.3, -0.25) is 19.7 Å². The molecule has 9 heteroatoms. The zero-order valence-electron chi connectivity index (χ0n) is 19.2. The maximum absolute atomic E-state index is 13.1. The van der Waals surface area contributed by atoms with Gasteiger partial charge in [-0.1, -0.05) is 17.9 Å². The van der Waals surface area contributed by atoms with E-state index in [4.69, 9.17) is 9.47 Å². The normalized spacial score (nSPS) is 18.7. The Morgan fingerprint density at radius 2 is 1.97 bits per heavy atom. The summed E-state index contributed by atoms with van der Waals surface area (Å²) in [6.45, 7) is 0.314. The van der Waals surface area contributed by atoms with Crippen LogP contribution >= 0.6 is 0 Å². The summed E-state index contributed by atoms with van der Waals surface area (Å²) in [4.78, 5) is 43.8. The van der Waals surface area contributed by atoms with Crippen LogP contribution in [0.25, 0.3) is 5.69 Å². The summed E-state index contributed by atoms with van der Waals surface area (Å²) in [5.74, 6) is 5.98. The first-order chi connectivity index (χ1) is 16.9. The molecule has 0 bridgehead atoms. The largest absolute Gasteiger partial charge is 0.497 e. The first-order valence-corrected chi connectivity index (χ1v) is 10.9. The number of ether oxygens (including phenoxy) is 2. The maximum Gasteiger partial charge on any atom is 0.254 e. The van der Waals surface area contributed by atoms with Crippen LogP contribution < -0.4 is 14.8 Å². The molecule has 3 heterocycles. The van der Waals surface area contributed by atoms with Crippen LogP contribution in [-0.4, -0.2) is 52.9 Å². The Morgan fingerprint density at radius 3 is 2.66 bits per heavy atom. The van der Waals surface area contributed by atoms with Gasteiger partial charge < -0.3 is 18.9 Å². The number of hydrogen-bond donors (Lipinski definition) is 1. The molecule has 1 saturated heterocycles. The average Bonchev–Trinajstić information content (AvgIpc) is 3.57. The SMILES string of the molecule is COc1ccc2c(c1)C(=O)N(C[C@@]1(C#Cc3ccc(-n4ccnc4)cc3OC)CC(=O)NC1=O)C2. The first-order valence-electron chi connectivity index (χ1n) is 10.9. The van der Waals surface area contributed by atoms with Crippen molar-refractivity contribution in [3.8, 4) is 29.0 Å². The second-order valence-electron chi connectivity index (χ2n) is 8.43. The number of aromatic nitrogens is 2. The molecule has 2 aliphatic heterocycles. The lowest BCUT2D eigenvalue weighted by Crippen LogP contribution is -2.42. The van der Waals surface area contributed by atoms with Gasteiger partial charge >= 0.3 is 0 Å². The van der Waals surface area contributed by atoms with Crippen molar-refractivity contribution in [2.45, 2.75) is 13.0 Å². The minimum atomic E-state index is -1.37. The number of nitrogens with zero attached hydrogens (tertiary/aromatic N) is 3. The number of rotatable bonds is 5. The van der Waals surface area contributed by atoms with Gasteiger partial charge in [0.2, 0.25) is 11.8 Å². The summed E-state index contributed by atoms with van der Waals surface area (Å²) < 4.78 is 12.6. The summed E-state index contributed by atoms with van der Waals surface area (Å²) in [6.07, 6.45) is 5.03. The molecular weight excluding hydrogens is 448 g/mol. The topological polar surface area (TPSA) is 103 Å². The number of methoxy groups -OCH3 is 2. The van der Waals surface area contributed by atoms with Gasteiger partial charge in [0.05, 0.1) is 38.2 Å². The molecule has 0 unspecified atom stereocenters. The monoisotopic (exact) mass is 470 g/mol. The minimum absolute atomic E-state index is 0.0111. The van der Waals surface area contributed by atoms with Crippen LogP contribution in [0.4, 0.5) is 0 Å². The molecule has 3 aromatic rings. The fraction of sp³-hybridized carbons (Fsp3) is 0.231. The second-order valence-corrected chi connectivity index (χ2v) is 8.43. The lowest BCUT2D eigenvalue weighted by molar-refractivity contribution is -0.127. The maximum atomic E-state index is 13.1. The molecule has 0 aliphatic carbocycles. The standard InChI is InChI=1S/C26H22N4O5/c1-34-20-6-4-18-14-30(24(32)21(18)12-20)15-26(13-23(31)28-25(26)33)8-7-17-3-5-19(11-22(17)35-2)29-10-9-27-16-29/h3-6,9-12,16H,13-15H2,1-2H3,(H,28,31,33)/t26-/m1/s1. The van der Waals surface area contributed by atoms with Crippen LogP contribution in [0.1, 0.15) is 27.9 Å². The third kappa shape index (κ3) is 3.99. The van der Waals surface area contributed by atoms with Gasteiger partial charge in [0.25, 0.3) is 5.91 Å². The highest BCUT2D eigenvalue weighted by molar-refractivity contribution is 6.08. The highest BCUT2D eigenvalue weighted by Gasteiger charge is 2.48. The second kappa shape index (κ2) is 8.65. The van der Waals surface area contributed by atoms with E-state index in [1.54, 1.807) is 35.6 Å². The molecule has 0 spiro atoms. The molecule has 5 rings (SSSR count). The van der Waals surface area contributed by atoms with Gasteiger partial charge in [-0.2, -0.15) is 0 Å². The van der Waals surface area contributed by atoms with E-state index in [1.165, 1.54) is 14.2 Å². The molecule has 9 nitrogen and oxygen atoms in total. The number of hydrogen-bond acceptors (Lipinski definition) is 6. The number of amides is 3. The first kappa shape index (κ1) is 22.2. The van der Waals surface area contributed by atoms with Crippen LogP contribution in [0.15, 0.2) is 55.1 Å². The number of nitrogens with one attached hydrogen (secondary N) is 1. The number of imidazole rings is 1. The smallest absolute Gasteiger partial charge is 0.254 e. The number of benzene rings is 2. The average molecular weight is 470 g/mol. The van der Waals surface area contributed by atoms with E-state index >= 15 is 0 Å². The summed E-state index contributed by atoms with van der Waals surface area (Å²) in [5.41, 5.74) is 1.38. The van der Waals surface area contributed by atoms with E-state index in [-0.39, 0.29) is 18.9 Å². The van der Waals surface area contributed by atoms with E-state index in [2.05, 4.69) is 22.1 Å². The predicted octanol–water partition coefficient (Wildman–Crippen LogP) is 1.93. The summed E-state index contributed by atoms with van der Waals surface area (Å²) in [5, 5.41) is 2.35. The molecule has 1 aromatic heterocycles. The molecule has 35 heavy (non-hydrogen) atoms. The Labute approximate surface area is 201 Å².